The van der Waals surface area contributed by atoms with E-state index in [-0.39, 0.29) is 44.6 Å². The van der Waals surface area contributed by atoms with Gasteiger partial charge in [-0.2, -0.15) is 26.3 Å². The highest BCUT2D eigenvalue weighted by atomic mass is 19.4. The number of alkyl halides is 6. The van der Waals surface area contributed by atoms with Gasteiger partial charge in [-0.05, 0) is 11.1 Å². The molecule has 6 atom stereocenters. The van der Waals surface area contributed by atoms with Gasteiger partial charge in [0.1, 0.15) is 11.8 Å². The van der Waals surface area contributed by atoms with Crippen LogP contribution in [0.5, 0.6) is 0 Å². The van der Waals surface area contributed by atoms with E-state index < -0.39 is 81.2 Å². The predicted molar refractivity (Wildman–Crippen MR) is 193 cm³/mol. The Balaban J connectivity index is 0.000000310. The Hall–Kier alpha value is -7.02. The number of urea groups is 2. The van der Waals surface area contributed by atoms with Gasteiger partial charge >= 0.3 is 24.4 Å². The van der Waals surface area contributed by atoms with Gasteiger partial charge in [0.25, 0.3) is 11.4 Å². The van der Waals surface area contributed by atoms with Crippen LogP contribution >= 0.6 is 0 Å². The van der Waals surface area contributed by atoms with E-state index in [1.165, 1.54) is 59.2 Å². The first-order valence-corrected chi connectivity index (χ1v) is 16.5. The van der Waals surface area contributed by atoms with Crippen molar-refractivity contribution in [2.45, 2.75) is 35.9 Å². The summed E-state index contributed by atoms with van der Waals surface area (Å²) in [6.45, 7) is 0. The SMILES string of the molecule is O.O.O=C1N[C@H](c2ccc([N+](=O)[O-])cc2)[C@@H](C(=O)c2ccccc2)[C@](O)(C(F)(F)F)N1.O=C1N[C@H](c2ccc([N+](=O)[O-])cc2)[C@@H](C(=O)c2ccccc2)[C@](O)(C(F)(F)F)N1. The van der Waals surface area contributed by atoms with Gasteiger partial charge in [-0.3, -0.25) is 29.8 Å². The third-order valence-electron chi connectivity index (χ3n) is 9.22. The Labute approximate surface area is 332 Å². The van der Waals surface area contributed by atoms with Crippen LogP contribution < -0.4 is 21.3 Å². The monoisotopic (exact) mass is 854 g/mol. The molecule has 4 aromatic carbocycles. The molecular formula is C36H32F6N6O12. The van der Waals surface area contributed by atoms with Crippen LogP contribution in [-0.4, -0.2) is 78.4 Å². The second kappa shape index (κ2) is 17.9. The molecule has 0 aliphatic carbocycles. The first-order chi connectivity index (χ1) is 27.1. The number of Topliss-reactive ketones (excluding diaryl/α,β-unsaturated/α-hetero) is 2. The van der Waals surface area contributed by atoms with Crippen LogP contribution in [0.1, 0.15) is 43.9 Å². The van der Waals surface area contributed by atoms with E-state index in [0.717, 1.165) is 48.5 Å². The zero-order valence-corrected chi connectivity index (χ0v) is 30.0. The molecular weight excluding hydrogens is 822 g/mol. The van der Waals surface area contributed by atoms with Crippen LogP contribution in [-0.2, 0) is 0 Å². The maximum atomic E-state index is 13.8. The minimum atomic E-state index is -5.38. The largest absolute Gasteiger partial charge is 0.437 e. The molecule has 2 aliphatic rings. The number of halogens is 6. The average molecular weight is 855 g/mol. The Bertz CT molecular complexity index is 2060. The van der Waals surface area contributed by atoms with E-state index in [1.807, 2.05) is 0 Å². The molecule has 2 fully saturated rings. The molecule has 18 nitrogen and oxygen atoms in total. The summed E-state index contributed by atoms with van der Waals surface area (Å²) in [6, 6.07) is 16.7. The molecule has 320 valence electrons. The maximum Gasteiger partial charge on any atom is 0.437 e. The molecule has 4 amide bonds. The van der Waals surface area contributed by atoms with Crippen molar-refractivity contribution in [2.75, 3.05) is 0 Å². The number of amides is 4. The summed E-state index contributed by atoms with van der Waals surface area (Å²) in [6.07, 6.45) is -10.8. The lowest BCUT2D eigenvalue weighted by atomic mass is 9.77. The summed E-state index contributed by atoms with van der Waals surface area (Å²) in [5.41, 5.74) is -8.60. The number of carbonyl (C=O) groups excluding carboxylic acids is 4. The van der Waals surface area contributed by atoms with Crippen molar-refractivity contribution >= 4 is 35.0 Å². The molecule has 10 N–H and O–H groups in total. The molecule has 2 saturated heterocycles. The quantitative estimate of drug-likeness (QED) is 0.0645. The lowest BCUT2D eigenvalue weighted by Crippen LogP contribution is -2.72. The summed E-state index contributed by atoms with van der Waals surface area (Å²) in [5, 5.41) is 49.7. The normalized spacial score (nSPS) is 23.5. The van der Waals surface area contributed by atoms with Gasteiger partial charge in [0.15, 0.2) is 11.6 Å². The fourth-order valence-electron chi connectivity index (χ4n) is 6.40. The summed E-state index contributed by atoms with van der Waals surface area (Å²) in [5.74, 6) is -6.52. The Morgan fingerprint density at radius 1 is 0.550 bits per heavy atom. The molecule has 6 rings (SSSR count). The van der Waals surface area contributed by atoms with E-state index in [4.69, 9.17) is 0 Å². The number of carbonyl (C=O) groups is 4. The highest BCUT2D eigenvalue weighted by Crippen LogP contribution is 2.45. The standard InChI is InChI=1S/2C18H14F3N3O5.2H2O/c2*19-18(20,21)17(27)13(15(25)11-4-2-1-3-5-11)14(22-16(26)23-17)10-6-8-12(9-7-10)24(28)29;;/h2*1-9,13-14,27H,(H2,22,23,26);2*1H2/t2*13-,14+,17-;;/m00../s1. The van der Waals surface area contributed by atoms with E-state index in [9.17, 15) is 76.0 Å². The fourth-order valence-corrected chi connectivity index (χ4v) is 6.40. The van der Waals surface area contributed by atoms with E-state index >= 15 is 0 Å². The maximum absolute atomic E-state index is 13.8. The molecule has 2 heterocycles. The van der Waals surface area contributed by atoms with E-state index in [1.54, 1.807) is 12.1 Å². The van der Waals surface area contributed by atoms with Gasteiger partial charge in [-0.25, -0.2) is 9.59 Å². The number of hydrogen-bond donors (Lipinski definition) is 6. The van der Waals surface area contributed by atoms with Crippen molar-refractivity contribution in [3.8, 4) is 0 Å². The van der Waals surface area contributed by atoms with Crippen molar-refractivity contribution in [1.29, 1.82) is 0 Å². The molecule has 0 bridgehead atoms. The third-order valence-corrected chi connectivity index (χ3v) is 9.22. The number of aliphatic hydroxyl groups is 2. The number of nitrogens with zero attached hydrogens (tertiary/aromatic N) is 2. The number of hydrogen-bond acceptors (Lipinski definition) is 10. The number of nitro benzene ring substituents is 2. The number of nitrogens with one attached hydrogen (secondary N) is 4. The van der Waals surface area contributed by atoms with Gasteiger partial charge in [0, 0.05) is 35.4 Å². The number of nitro groups is 2. The van der Waals surface area contributed by atoms with Crippen LogP contribution in [0, 0.1) is 32.1 Å². The van der Waals surface area contributed by atoms with E-state index in [0.29, 0.717) is 0 Å². The van der Waals surface area contributed by atoms with Crippen LogP contribution in [0.25, 0.3) is 0 Å². The molecule has 2 aliphatic heterocycles. The topological polar surface area (TPSA) is 306 Å². The average Bonchev–Trinajstić information content (AvgIpc) is 3.17. The van der Waals surface area contributed by atoms with E-state index in [2.05, 4.69) is 10.6 Å². The summed E-state index contributed by atoms with van der Waals surface area (Å²) in [7, 11) is 0. The smallest absolute Gasteiger partial charge is 0.412 e. The van der Waals surface area contributed by atoms with Crippen molar-refractivity contribution < 1.29 is 76.5 Å². The number of benzene rings is 4. The summed E-state index contributed by atoms with van der Waals surface area (Å²) < 4.78 is 82.5. The second-order valence-electron chi connectivity index (χ2n) is 12.8. The molecule has 0 spiro atoms. The predicted octanol–water partition coefficient (Wildman–Crippen LogP) is 3.75. The molecule has 4 aromatic rings. The number of rotatable bonds is 8. The Morgan fingerprint density at radius 3 is 1.08 bits per heavy atom. The second-order valence-corrected chi connectivity index (χ2v) is 12.8. The Morgan fingerprint density at radius 2 is 0.833 bits per heavy atom. The zero-order chi connectivity index (χ0) is 42.8. The highest BCUT2D eigenvalue weighted by molar-refractivity contribution is 6.01. The Kier molecular flexibility index (Phi) is 14.1. The van der Waals surface area contributed by atoms with Crippen molar-refractivity contribution in [1.82, 2.24) is 21.3 Å². The first-order valence-electron chi connectivity index (χ1n) is 16.5. The summed E-state index contributed by atoms with van der Waals surface area (Å²) >= 11 is 0. The minimum Gasteiger partial charge on any atom is -0.412 e. The van der Waals surface area contributed by atoms with Crippen molar-refractivity contribution in [2.24, 2.45) is 11.8 Å². The fraction of sp³-hybridized carbons (Fsp3) is 0.222. The van der Waals surface area contributed by atoms with Gasteiger partial charge in [-0.15, -0.1) is 0 Å². The molecule has 0 saturated carbocycles. The summed E-state index contributed by atoms with van der Waals surface area (Å²) in [4.78, 5) is 69.9. The molecule has 0 radical (unpaired) electrons. The zero-order valence-electron chi connectivity index (χ0n) is 30.0. The number of ketones is 2. The number of non-ortho nitro benzene ring substituents is 2. The van der Waals surface area contributed by atoms with Crippen LogP contribution in [0.2, 0.25) is 0 Å². The van der Waals surface area contributed by atoms with Crippen molar-refractivity contribution in [3.05, 3.63) is 152 Å². The van der Waals surface area contributed by atoms with Gasteiger partial charge in [0.2, 0.25) is 11.4 Å². The van der Waals surface area contributed by atoms with Crippen molar-refractivity contribution in [3.63, 3.8) is 0 Å². The molecule has 60 heavy (non-hydrogen) atoms. The lowest BCUT2D eigenvalue weighted by molar-refractivity contribution is -0.385. The highest BCUT2D eigenvalue weighted by Gasteiger charge is 2.67. The van der Waals surface area contributed by atoms with Gasteiger partial charge < -0.3 is 42.4 Å². The molecule has 0 aromatic heterocycles. The van der Waals surface area contributed by atoms with Crippen LogP contribution in [0.4, 0.5) is 47.3 Å². The van der Waals surface area contributed by atoms with Crippen LogP contribution in [0.15, 0.2) is 109 Å². The molecule has 24 heteroatoms. The van der Waals surface area contributed by atoms with Gasteiger partial charge in [-0.1, -0.05) is 84.9 Å². The minimum absolute atomic E-state index is 0. The van der Waals surface area contributed by atoms with Gasteiger partial charge in [0.05, 0.1) is 21.9 Å². The first kappa shape index (κ1) is 47.4. The third kappa shape index (κ3) is 9.31. The van der Waals surface area contributed by atoms with Crippen LogP contribution in [0.3, 0.4) is 0 Å². The lowest BCUT2D eigenvalue weighted by Gasteiger charge is -2.45. The molecule has 0 unspecified atom stereocenters.